The average Bonchev–Trinajstić information content (AvgIpc) is 3.18. The molecule has 3 rings (SSSR count). The number of nitrogens with zero attached hydrogens (tertiary/aromatic N) is 2. The molecule has 0 aliphatic carbocycles. The second-order valence-corrected chi connectivity index (χ2v) is 5.64. The van der Waals surface area contributed by atoms with E-state index in [0.29, 0.717) is 25.1 Å². The van der Waals surface area contributed by atoms with E-state index in [0.717, 1.165) is 18.8 Å². The second kappa shape index (κ2) is 5.91. The van der Waals surface area contributed by atoms with Crippen LogP contribution in [0, 0.1) is 0 Å². The van der Waals surface area contributed by atoms with Crippen LogP contribution in [0.2, 0.25) is 5.82 Å². The number of benzene rings is 1. The minimum atomic E-state index is -1.34. The van der Waals surface area contributed by atoms with Gasteiger partial charge < -0.3 is 19.8 Å². The quantitative estimate of drug-likeness (QED) is 0.636. The highest BCUT2D eigenvalue weighted by molar-refractivity contribution is 6.43. The summed E-state index contributed by atoms with van der Waals surface area (Å²) in [6.07, 6.45) is 4.86. The van der Waals surface area contributed by atoms with Gasteiger partial charge in [0.25, 0.3) is 5.91 Å². The van der Waals surface area contributed by atoms with Crippen molar-refractivity contribution < 1.29 is 14.8 Å². The maximum atomic E-state index is 12.5. The first-order valence-corrected chi connectivity index (χ1v) is 7.30. The minimum absolute atomic E-state index is 0.0350. The number of amides is 1. The van der Waals surface area contributed by atoms with Gasteiger partial charge in [-0.25, -0.2) is 0 Å². The molecule has 1 aromatic rings. The molecule has 2 N–H and O–H groups in total. The van der Waals surface area contributed by atoms with Gasteiger partial charge in [-0.3, -0.25) is 4.79 Å². The molecule has 1 saturated heterocycles. The van der Waals surface area contributed by atoms with Crippen LogP contribution in [0.3, 0.4) is 0 Å². The van der Waals surface area contributed by atoms with Crippen molar-refractivity contribution in [2.45, 2.75) is 12.2 Å². The standard InChI is InChI=1S/C15H19BN2O3/c19-15(18-9-6-13(11-18)16(20)21)12-4-3-5-14(10-12)17-7-1-2-8-17/h1-5,10,13,20-21H,6-9,11H2. The second-order valence-electron chi connectivity index (χ2n) is 5.64. The summed E-state index contributed by atoms with van der Waals surface area (Å²) in [7, 11) is -1.34. The lowest BCUT2D eigenvalue weighted by Crippen LogP contribution is -2.30. The largest absolute Gasteiger partial charge is 0.456 e. The monoisotopic (exact) mass is 286 g/mol. The zero-order valence-corrected chi connectivity index (χ0v) is 11.9. The molecule has 110 valence electrons. The zero-order valence-electron chi connectivity index (χ0n) is 11.9. The summed E-state index contributed by atoms with van der Waals surface area (Å²) in [4.78, 5) is 16.4. The molecule has 1 fully saturated rings. The Morgan fingerprint density at radius 2 is 2.00 bits per heavy atom. The topological polar surface area (TPSA) is 64.0 Å². The van der Waals surface area contributed by atoms with Crippen molar-refractivity contribution in [1.29, 1.82) is 0 Å². The molecule has 21 heavy (non-hydrogen) atoms. The van der Waals surface area contributed by atoms with Gasteiger partial charge in [0.1, 0.15) is 0 Å². The van der Waals surface area contributed by atoms with Crippen molar-refractivity contribution >= 4 is 18.7 Å². The molecule has 0 bridgehead atoms. The van der Waals surface area contributed by atoms with Crippen LogP contribution in [0.15, 0.2) is 36.4 Å². The van der Waals surface area contributed by atoms with Gasteiger partial charge in [0.2, 0.25) is 0 Å². The predicted octanol–water partition coefficient (Wildman–Crippen LogP) is 0.752. The van der Waals surface area contributed by atoms with Gasteiger partial charge in [-0.2, -0.15) is 0 Å². The van der Waals surface area contributed by atoms with Crippen LogP contribution in [-0.2, 0) is 0 Å². The van der Waals surface area contributed by atoms with E-state index < -0.39 is 7.12 Å². The first-order chi connectivity index (χ1) is 10.1. The smallest absolute Gasteiger partial charge is 0.427 e. The van der Waals surface area contributed by atoms with Gasteiger partial charge in [0.05, 0.1) is 0 Å². The van der Waals surface area contributed by atoms with Gasteiger partial charge >= 0.3 is 7.12 Å². The molecular weight excluding hydrogens is 267 g/mol. The summed E-state index contributed by atoms with van der Waals surface area (Å²) in [5.41, 5.74) is 1.70. The van der Waals surface area contributed by atoms with Crippen molar-refractivity contribution in [1.82, 2.24) is 4.90 Å². The summed E-state index contributed by atoms with van der Waals surface area (Å²) in [6.45, 7) is 2.74. The first kappa shape index (κ1) is 14.2. The fraction of sp³-hybridized carbons (Fsp3) is 0.400. The lowest BCUT2D eigenvalue weighted by atomic mass is 9.72. The summed E-state index contributed by atoms with van der Waals surface area (Å²) < 4.78 is 0. The molecular formula is C15H19BN2O3. The predicted molar refractivity (Wildman–Crippen MR) is 82.3 cm³/mol. The van der Waals surface area contributed by atoms with E-state index in [-0.39, 0.29) is 11.7 Å². The molecule has 0 spiro atoms. The van der Waals surface area contributed by atoms with Crippen molar-refractivity contribution in [3.05, 3.63) is 42.0 Å². The number of likely N-dealkylation sites (tertiary alicyclic amines) is 1. The highest BCUT2D eigenvalue weighted by Crippen LogP contribution is 2.25. The Balaban J connectivity index is 1.71. The molecule has 2 aliphatic rings. The Hall–Kier alpha value is -1.79. The van der Waals surface area contributed by atoms with E-state index in [9.17, 15) is 14.8 Å². The van der Waals surface area contributed by atoms with Gasteiger partial charge in [-0.1, -0.05) is 18.2 Å². The van der Waals surface area contributed by atoms with Crippen LogP contribution in [0.5, 0.6) is 0 Å². The van der Waals surface area contributed by atoms with E-state index in [1.807, 2.05) is 24.3 Å². The number of anilines is 1. The van der Waals surface area contributed by atoms with Crippen molar-refractivity contribution in [3.8, 4) is 0 Å². The Labute approximate surface area is 124 Å². The summed E-state index contributed by atoms with van der Waals surface area (Å²) >= 11 is 0. The van der Waals surface area contributed by atoms with Gasteiger partial charge in [0, 0.05) is 43.2 Å². The van der Waals surface area contributed by atoms with Crippen LogP contribution >= 0.6 is 0 Å². The number of carbonyl (C=O) groups is 1. The lowest BCUT2D eigenvalue weighted by Gasteiger charge is -2.20. The molecule has 1 amide bonds. The lowest BCUT2D eigenvalue weighted by molar-refractivity contribution is 0.0792. The normalized spacial score (nSPS) is 21.1. The fourth-order valence-corrected chi connectivity index (χ4v) is 2.92. The fourth-order valence-electron chi connectivity index (χ4n) is 2.92. The maximum Gasteiger partial charge on any atom is 0.456 e. The third kappa shape index (κ3) is 2.96. The number of hydrogen-bond acceptors (Lipinski definition) is 4. The van der Waals surface area contributed by atoms with Crippen LogP contribution in [0.4, 0.5) is 5.69 Å². The van der Waals surface area contributed by atoms with Gasteiger partial charge in [-0.15, -0.1) is 0 Å². The third-order valence-corrected chi connectivity index (χ3v) is 4.21. The van der Waals surface area contributed by atoms with Crippen molar-refractivity contribution in [3.63, 3.8) is 0 Å². The molecule has 5 nitrogen and oxygen atoms in total. The summed E-state index contributed by atoms with van der Waals surface area (Å²) in [5, 5.41) is 18.4. The highest BCUT2D eigenvalue weighted by Gasteiger charge is 2.33. The number of rotatable bonds is 3. The van der Waals surface area contributed by atoms with Crippen LogP contribution in [0.25, 0.3) is 0 Å². The third-order valence-electron chi connectivity index (χ3n) is 4.21. The molecule has 0 aromatic heterocycles. The van der Waals surface area contributed by atoms with E-state index >= 15 is 0 Å². The molecule has 0 radical (unpaired) electrons. The van der Waals surface area contributed by atoms with Gasteiger partial charge in [-0.05, 0) is 24.6 Å². The van der Waals surface area contributed by atoms with E-state index in [1.165, 1.54) is 0 Å². The van der Waals surface area contributed by atoms with Crippen LogP contribution in [-0.4, -0.2) is 54.2 Å². The Morgan fingerprint density at radius 3 is 2.67 bits per heavy atom. The molecule has 1 atom stereocenters. The molecule has 1 unspecified atom stereocenters. The maximum absolute atomic E-state index is 12.5. The van der Waals surface area contributed by atoms with Crippen molar-refractivity contribution in [2.24, 2.45) is 0 Å². The van der Waals surface area contributed by atoms with E-state index in [4.69, 9.17) is 0 Å². The number of carbonyl (C=O) groups excluding carboxylic acids is 1. The summed E-state index contributed by atoms with van der Waals surface area (Å²) in [5.74, 6) is -0.271. The summed E-state index contributed by atoms with van der Waals surface area (Å²) in [6, 6.07) is 7.64. The Morgan fingerprint density at radius 1 is 1.24 bits per heavy atom. The number of hydrogen-bond donors (Lipinski definition) is 2. The van der Waals surface area contributed by atoms with Crippen LogP contribution in [0.1, 0.15) is 16.8 Å². The first-order valence-electron chi connectivity index (χ1n) is 7.30. The Kier molecular flexibility index (Phi) is 3.99. The van der Waals surface area contributed by atoms with Gasteiger partial charge in [0.15, 0.2) is 0 Å². The van der Waals surface area contributed by atoms with E-state index in [1.54, 1.807) is 4.90 Å². The molecule has 1 aromatic carbocycles. The van der Waals surface area contributed by atoms with E-state index in [2.05, 4.69) is 17.1 Å². The molecule has 2 heterocycles. The average molecular weight is 286 g/mol. The highest BCUT2D eigenvalue weighted by atomic mass is 16.4. The Bertz CT molecular complexity index is 554. The van der Waals surface area contributed by atoms with Crippen molar-refractivity contribution in [2.75, 3.05) is 31.1 Å². The zero-order chi connectivity index (χ0) is 14.8. The molecule has 2 aliphatic heterocycles. The van der Waals surface area contributed by atoms with Crippen LogP contribution < -0.4 is 4.90 Å². The minimum Gasteiger partial charge on any atom is -0.427 e. The molecule has 6 heteroatoms. The molecule has 0 saturated carbocycles. The SMILES string of the molecule is O=C(c1cccc(N2CC=CC2)c1)N1CCC(B(O)O)C1.